The van der Waals surface area contributed by atoms with E-state index >= 15 is 0 Å². The van der Waals surface area contributed by atoms with Gasteiger partial charge in [-0.25, -0.2) is 9.97 Å². The zero-order valence-electron chi connectivity index (χ0n) is 12.0. The molecule has 2 aromatic heterocycles. The molecule has 0 N–H and O–H groups in total. The summed E-state index contributed by atoms with van der Waals surface area (Å²) in [5.41, 5.74) is 1.75. The number of hydrogen-bond acceptors (Lipinski definition) is 5. The van der Waals surface area contributed by atoms with Gasteiger partial charge in [0.15, 0.2) is 5.78 Å². The number of hydrogen-bond donors (Lipinski definition) is 0. The van der Waals surface area contributed by atoms with Gasteiger partial charge in [0, 0.05) is 10.4 Å². The van der Waals surface area contributed by atoms with Crippen LogP contribution >= 0.6 is 11.3 Å². The lowest BCUT2D eigenvalue weighted by atomic mass is 10.1. The van der Waals surface area contributed by atoms with E-state index in [1.807, 2.05) is 13.0 Å². The smallest absolute Gasteiger partial charge is 0.231 e. The Morgan fingerprint density at radius 2 is 2.05 bits per heavy atom. The number of nitrogens with zero attached hydrogens (tertiary/aromatic N) is 2. The maximum Gasteiger partial charge on any atom is 0.231 e. The summed E-state index contributed by atoms with van der Waals surface area (Å²) in [6, 6.07) is 7.11. The molecule has 2 heterocycles. The van der Waals surface area contributed by atoms with Gasteiger partial charge >= 0.3 is 0 Å². The molecule has 3 rings (SSSR count). The van der Waals surface area contributed by atoms with Crippen LogP contribution in [0.5, 0.6) is 11.6 Å². The second kappa shape index (κ2) is 5.26. The molecule has 0 fully saturated rings. The lowest BCUT2D eigenvalue weighted by Gasteiger charge is -2.07. The summed E-state index contributed by atoms with van der Waals surface area (Å²) in [6.45, 7) is 5.63. The topological polar surface area (TPSA) is 52.1 Å². The van der Waals surface area contributed by atoms with Crippen LogP contribution in [0.3, 0.4) is 0 Å². The van der Waals surface area contributed by atoms with Crippen molar-refractivity contribution in [3.63, 3.8) is 0 Å². The van der Waals surface area contributed by atoms with Crippen LogP contribution in [-0.4, -0.2) is 15.8 Å². The molecule has 0 saturated carbocycles. The van der Waals surface area contributed by atoms with Crippen molar-refractivity contribution in [1.29, 1.82) is 0 Å². The predicted molar refractivity (Wildman–Crippen MR) is 83.4 cm³/mol. The Labute approximate surface area is 126 Å². The quantitative estimate of drug-likeness (QED) is 0.676. The number of aryl methyl sites for hydroxylation is 2. The Kier molecular flexibility index (Phi) is 3.43. The Balaban J connectivity index is 2.06. The number of fused-ring (bicyclic) bond motifs is 1. The van der Waals surface area contributed by atoms with Gasteiger partial charge in [0.05, 0.1) is 5.39 Å². The van der Waals surface area contributed by atoms with E-state index in [9.17, 15) is 4.79 Å². The van der Waals surface area contributed by atoms with E-state index in [4.69, 9.17) is 4.74 Å². The first-order valence-corrected chi connectivity index (χ1v) is 7.37. The van der Waals surface area contributed by atoms with Gasteiger partial charge in [-0.3, -0.25) is 4.79 Å². The van der Waals surface area contributed by atoms with Crippen molar-refractivity contribution < 1.29 is 9.53 Å². The van der Waals surface area contributed by atoms with Crippen molar-refractivity contribution in [3.8, 4) is 11.6 Å². The van der Waals surface area contributed by atoms with Crippen LogP contribution in [0.1, 0.15) is 27.7 Å². The highest BCUT2D eigenvalue weighted by Gasteiger charge is 2.14. The average molecular weight is 298 g/mol. The van der Waals surface area contributed by atoms with Crippen molar-refractivity contribution in [1.82, 2.24) is 9.97 Å². The summed E-state index contributed by atoms with van der Waals surface area (Å²) in [7, 11) is 0. The van der Waals surface area contributed by atoms with Crippen LogP contribution in [0.4, 0.5) is 0 Å². The Morgan fingerprint density at radius 3 is 2.81 bits per heavy atom. The van der Waals surface area contributed by atoms with Crippen LogP contribution in [0, 0.1) is 13.8 Å². The summed E-state index contributed by atoms with van der Waals surface area (Å²) < 4.78 is 5.88. The molecule has 21 heavy (non-hydrogen) atoms. The molecule has 0 spiro atoms. The summed E-state index contributed by atoms with van der Waals surface area (Å²) in [4.78, 5) is 22.1. The zero-order valence-corrected chi connectivity index (χ0v) is 12.8. The molecule has 0 atom stereocenters. The summed E-state index contributed by atoms with van der Waals surface area (Å²) in [5.74, 6) is 1.14. The molecule has 0 saturated heterocycles. The SMILES string of the molecule is CC(=O)c1cccc(Oc2ncnc3sc(C)c(C)c23)c1. The fraction of sp³-hybridized carbons (Fsp3) is 0.188. The van der Waals surface area contributed by atoms with Gasteiger partial charge in [-0.15, -0.1) is 11.3 Å². The lowest BCUT2D eigenvalue weighted by Crippen LogP contribution is -1.94. The highest BCUT2D eigenvalue weighted by Crippen LogP contribution is 2.35. The van der Waals surface area contributed by atoms with Gasteiger partial charge in [0.25, 0.3) is 0 Å². The number of carbonyl (C=O) groups is 1. The van der Waals surface area contributed by atoms with Gasteiger partial charge in [0.2, 0.25) is 5.88 Å². The molecule has 0 aliphatic rings. The fourth-order valence-electron chi connectivity index (χ4n) is 2.12. The third-order valence-corrected chi connectivity index (χ3v) is 4.50. The minimum Gasteiger partial charge on any atom is -0.438 e. The molecule has 4 nitrogen and oxygen atoms in total. The molecule has 0 aliphatic heterocycles. The number of aromatic nitrogens is 2. The highest BCUT2D eigenvalue weighted by atomic mass is 32.1. The number of thiophene rings is 1. The maximum absolute atomic E-state index is 11.4. The second-order valence-corrected chi connectivity index (χ2v) is 6.03. The summed E-state index contributed by atoms with van der Waals surface area (Å²) >= 11 is 1.63. The molecule has 1 aromatic carbocycles. The van der Waals surface area contributed by atoms with E-state index in [1.165, 1.54) is 18.1 Å². The Hall–Kier alpha value is -2.27. The molecule has 5 heteroatoms. The molecule has 0 bridgehead atoms. The number of carbonyl (C=O) groups excluding carboxylic acids is 1. The first-order chi connectivity index (χ1) is 10.1. The van der Waals surface area contributed by atoms with Crippen molar-refractivity contribution in [2.45, 2.75) is 20.8 Å². The van der Waals surface area contributed by atoms with Gasteiger partial charge in [0.1, 0.15) is 16.9 Å². The van der Waals surface area contributed by atoms with Crippen LogP contribution in [0.2, 0.25) is 0 Å². The van der Waals surface area contributed by atoms with E-state index in [0.29, 0.717) is 17.2 Å². The summed E-state index contributed by atoms with van der Waals surface area (Å²) in [5, 5.41) is 0.938. The van der Waals surface area contributed by atoms with Gasteiger partial charge < -0.3 is 4.74 Å². The van der Waals surface area contributed by atoms with Gasteiger partial charge in [-0.2, -0.15) is 0 Å². The van der Waals surface area contributed by atoms with Crippen LogP contribution < -0.4 is 4.74 Å². The van der Waals surface area contributed by atoms with E-state index in [2.05, 4.69) is 16.9 Å². The third kappa shape index (κ3) is 2.52. The van der Waals surface area contributed by atoms with Crippen molar-refractivity contribution in [2.75, 3.05) is 0 Å². The van der Waals surface area contributed by atoms with E-state index in [0.717, 1.165) is 15.8 Å². The monoisotopic (exact) mass is 298 g/mol. The van der Waals surface area contributed by atoms with E-state index < -0.39 is 0 Å². The first-order valence-electron chi connectivity index (χ1n) is 6.56. The molecule has 0 radical (unpaired) electrons. The predicted octanol–water partition coefficient (Wildman–Crippen LogP) is 4.30. The van der Waals surface area contributed by atoms with Gasteiger partial charge in [-0.1, -0.05) is 12.1 Å². The molecular weight excluding hydrogens is 284 g/mol. The number of benzene rings is 1. The Morgan fingerprint density at radius 1 is 1.24 bits per heavy atom. The maximum atomic E-state index is 11.4. The van der Waals surface area contributed by atoms with Crippen LogP contribution in [0.25, 0.3) is 10.2 Å². The average Bonchev–Trinajstić information content (AvgIpc) is 2.75. The molecule has 0 amide bonds. The minimum absolute atomic E-state index is 0.0100. The van der Waals surface area contributed by atoms with Crippen molar-refractivity contribution in [2.24, 2.45) is 0 Å². The lowest BCUT2D eigenvalue weighted by molar-refractivity contribution is 0.101. The third-order valence-electron chi connectivity index (χ3n) is 3.39. The molecular formula is C16H14N2O2S. The normalized spacial score (nSPS) is 10.8. The molecule has 3 aromatic rings. The standard InChI is InChI=1S/C16H14N2O2S/c1-9-11(3)21-16-14(9)15(17-8-18-16)20-13-6-4-5-12(7-13)10(2)19/h4-8H,1-3H3. The van der Waals surface area contributed by atoms with Gasteiger partial charge in [-0.05, 0) is 38.5 Å². The number of ketones is 1. The number of rotatable bonds is 3. The zero-order chi connectivity index (χ0) is 15.0. The second-order valence-electron chi connectivity index (χ2n) is 4.83. The highest BCUT2D eigenvalue weighted by molar-refractivity contribution is 7.18. The summed E-state index contributed by atoms with van der Waals surface area (Å²) in [6.07, 6.45) is 1.50. The van der Waals surface area contributed by atoms with Crippen LogP contribution in [-0.2, 0) is 0 Å². The molecule has 0 aliphatic carbocycles. The Bertz CT molecular complexity index is 839. The van der Waals surface area contributed by atoms with E-state index in [1.54, 1.807) is 29.5 Å². The van der Waals surface area contributed by atoms with Crippen LogP contribution in [0.15, 0.2) is 30.6 Å². The minimum atomic E-state index is 0.0100. The van der Waals surface area contributed by atoms with Crippen molar-refractivity contribution in [3.05, 3.63) is 46.6 Å². The fourth-order valence-corrected chi connectivity index (χ4v) is 3.11. The van der Waals surface area contributed by atoms with Crippen molar-refractivity contribution >= 4 is 27.3 Å². The van der Waals surface area contributed by atoms with E-state index in [-0.39, 0.29) is 5.78 Å². The largest absolute Gasteiger partial charge is 0.438 e. The first kappa shape index (κ1) is 13.7. The molecule has 106 valence electrons. The number of Topliss-reactive ketones (excluding diaryl/α,β-unsaturated/α-hetero) is 1. The molecule has 0 unspecified atom stereocenters. The number of ether oxygens (including phenoxy) is 1.